The molecule has 0 saturated heterocycles. The lowest BCUT2D eigenvalue weighted by Crippen LogP contribution is -2.40. The van der Waals surface area contributed by atoms with Crippen LogP contribution < -0.4 is 4.68 Å². The topological polar surface area (TPSA) is 49.3 Å². The molecule has 4 rings (SSSR count). The second-order valence-electron chi connectivity index (χ2n) is 6.56. The van der Waals surface area contributed by atoms with Gasteiger partial charge in [0.15, 0.2) is 11.5 Å². The summed E-state index contributed by atoms with van der Waals surface area (Å²) in [6.45, 7) is 3.76. The van der Waals surface area contributed by atoms with Gasteiger partial charge in [0.2, 0.25) is 0 Å². The van der Waals surface area contributed by atoms with Gasteiger partial charge in [-0.05, 0) is 49.3 Å². The molecule has 8 heteroatoms. The molecule has 0 unspecified atom stereocenters. The molecule has 2 aromatic heterocycles. The Morgan fingerprint density at radius 2 is 1.82 bits per heavy atom. The second-order valence-corrected chi connectivity index (χ2v) is 7.00. The molecule has 4 aromatic rings. The van der Waals surface area contributed by atoms with Gasteiger partial charge >= 0.3 is 5.82 Å². The second kappa shape index (κ2) is 6.83. The fraction of sp³-hybridized carbons (Fsp3) is 0.150. The van der Waals surface area contributed by atoms with Gasteiger partial charge in [-0.25, -0.2) is 13.5 Å². The SMILES string of the molecule is Cc1[nH]c2ccc(Cl)cc2c1N=Nc1cc(C)n(C)[n+]1-c1ccc(F)cc1F. The van der Waals surface area contributed by atoms with E-state index in [2.05, 4.69) is 15.2 Å². The lowest BCUT2D eigenvalue weighted by Gasteiger charge is -2.04. The summed E-state index contributed by atoms with van der Waals surface area (Å²) in [6, 6.07) is 10.7. The van der Waals surface area contributed by atoms with Crippen LogP contribution in [-0.4, -0.2) is 9.67 Å². The fourth-order valence-corrected chi connectivity index (χ4v) is 3.35. The number of fused-ring (bicyclic) bond motifs is 1. The van der Waals surface area contributed by atoms with Gasteiger partial charge in [0.1, 0.15) is 11.5 Å². The van der Waals surface area contributed by atoms with Crippen molar-refractivity contribution in [1.82, 2.24) is 9.67 Å². The maximum absolute atomic E-state index is 14.4. The van der Waals surface area contributed by atoms with Gasteiger partial charge in [-0.3, -0.25) is 0 Å². The highest BCUT2D eigenvalue weighted by atomic mass is 35.5. The van der Waals surface area contributed by atoms with Crippen LogP contribution >= 0.6 is 11.6 Å². The molecular formula is C20H17ClF2N5+. The van der Waals surface area contributed by atoms with Crippen LogP contribution in [0.1, 0.15) is 11.4 Å². The molecule has 2 heterocycles. The van der Waals surface area contributed by atoms with Crippen LogP contribution in [0.2, 0.25) is 5.02 Å². The Balaban J connectivity index is 1.85. The monoisotopic (exact) mass is 400 g/mol. The first kappa shape index (κ1) is 18.3. The number of rotatable bonds is 3. The molecule has 0 aliphatic rings. The minimum absolute atomic E-state index is 0.185. The molecule has 0 bridgehead atoms. The van der Waals surface area contributed by atoms with E-state index in [9.17, 15) is 8.78 Å². The average Bonchev–Trinajstić information content (AvgIpc) is 3.09. The van der Waals surface area contributed by atoms with Crippen molar-refractivity contribution in [3.8, 4) is 5.69 Å². The van der Waals surface area contributed by atoms with Crippen molar-refractivity contribution in [1.29, 1.82) is 0 Å². The average molecular weight is 401 g/mol. The lowest BCUT2D eigenvalue weighted by molar-refractivity contribution is -0.672. The number of azo groups is 1. The Bertz CT molecular complexity index is 1240. The predicted molar refractivity (Wildman–Crippen MR) is 104 cm³/mol. The van der Waals surface area contributed by atoms with Crippen molar-refractivity contribution in [2.24, 2.45) is 17.3 Å². The van der Waals surface area contributed by atoms with E-state index in [0.717, 1.165) is 28.4 Å². The number of nitrogens with zero attached hydrogens (tertiary/aromatic N) is 4. The molecular weight excluding hydrogens is 384 g/mol. The fourth-order valence-electron chi connectivity index (χ4n) is 3.18. The number of hydrogen-bond donors (Lipinski definition) is 1. The Morgan fingerprint density at radius 1 is 1.04 bits per heavy atom. The summed E-state index contributed by atoms with van der Waals surface area (Å²) in [6.07, 6.45) is 0. The summed E-state index contributed by atoms with van der Waals surface area (Å²) in [5.74, 6) is -0.902. The van der Waals surface area contributed by atoms with Crippen molar-refractivity contribution in [3.05, 3.63) is 70.5 Å². The number of benzene rings is 2. The van der Waals surface area contributed by atoms with Gasteiger partial charge in [-0.1, -0.05) is 11.6 Å². The van der Waals surface area contributed by atoms with Crippen molar-refractivity contribution in [2.75, 3.05) is 0 Å². The van der Waals surface area contributed by atoms with E-state index in [1.807, 2.05) is 26.0 Å². The van der Waals surface area contributed by atoms with E-state index in [-0.39, 0.29) is 5.69 Å². The third-order valence-electron chi connectivity index (χ3n) is 4.67. The number of aromatic nitrogens is 3. The third-order valence-corrected chi connectivity index (χ3v) is 4.91. The Labute approximate surface area is 164 Å². The van der Waals surface area contributed by atoms with E-state index in [1.54, 1.807) is 28.5 Å². The molecule has 1 N–H and O–H groups in total. The van der Waals surface area contributed by atoms with Gasteiger partial charge in [0.05, 0.1) is 16.9 Å². The highest BCUT2D eigenvalue weighted by Crippen LogP contribution is 2.33. The van der Waals surface area contributed by atoms with Gasteiger partial charge in [0, 0.05) is 34.7 Å². The largest absolute Gasteiger partial charge is 0.376 e. The summed E-state index contributed by atoms with van der Waals surface area (Å²) in [5, 5.41) is 10.2. The molecule has 0 fully saturated rings. The number of nitrogens with one attached hydrogen (secondary N) is 1. The summed E-state index contributed by atoms with van der Waals surface area (Å²) < 4.78 is 31.0. The smallest absolute Gasteiger partial charge is 0.357 e. The van der Waals surface area contributed by atoms with Gasteiger partial charge in [-0.2, -0.15) is 0 Å². The van der Waals surface area contributed by atoms with Crippen LogP contribution in [-0.2, 0) is 7.05 Å². The molecule has 2 aromatic carbocycles. The summed E-state index contributed by atoms with van der Waals surface area (Å²) >= 11 is 6.11. The highest BCUT2D eigenvalue weighted by Gasteiger charge is 2.23. The summed E-state index contributed by atoms with van der Waals surface area (Å²) in [4.78, 5) is 3.24. The quantitative estimate of drug-likeness (QED) is 0.336. The van der Waals surface area contributed by atoms with Gasteiger partial charge in [0.25, 0.3) is 0 Å². The highest BCUT2D eigenvalue weighted by molar-refractivity contribution is 6.31. The molecule has 0 spiro atoms. The van der Waals surface area contributed by atoms with Crippen LogP contribution in [0.3, 0.4) is 0 Å². The maximum Gasteiger partial charge on any atom is 0.376 e. The Kier molecular flexibility index (Phi) is 4.47. The van der Waals surface area contributed by atoms with Crippen molar-refractivity contribution in [2.45, 2.75) is 13.8 Å². The minimum atomic E-state index is -0.683. The predicted octanol–water partition coefficient (Wildman–Crippen LogP) is 5.75. The zero-order valence-electron chi connectivity index (χ0n) is 15.5. The zero-order chi connectivity index (χ0) is 20.0. The van der Waals surface area contributed by atoms with E-state index >= 15 is 0 Å². The van der Waals surface area contributed by atoms with Crippen LogP contribution in [0.4, 0.5) is 20.3 Å². The first-order chi connectivity index (χ1) is 13.3. The standard InChI is InChI=1S/C20H16ClF2N5/c1-11-8-19(28(27(11)3)18-7-5-14(22)10-16(18)23)25-26-20-12(2)24-17-6-4-13(21)9-15(17)20/h4-10H,1-3H3/p+1. The van der Waals surface area contributed by atoms with E-state index < -0.39 is 11.6 Å². The van der Waals surface area contributed by atoms with E-state index in [4.69, 9.17) is 11.6 Å². The van der Waals surface area contributed by atoms with Crippen molar-refractivity contribution < 1.29 is 13.5 Å². The molecule has 0 saturated carbocycles. The Hall–Kier alpha value is -3.06. The van der Waals surface area contributed by atoms with Crippen LogP contribution in [0.15, 0.2) is 52.7 Å². The van der Waals surface area contributed by atoms with E-state index in [0.29, 0.717) is 16.5 Å². The number of aryl methyl sites for hydroxylation is 2. The molecule has 142 valence electrons. The molecule has 0 aliphatic carbocycles. The Morgan fingerprint density at radius 3 is 2.57 bits per heavy atom. The number of halogens is 3. The van der Waals surface area contributed by atoms with Crippen molar-refractivity contribution in [3.63, 3.8) is 0 Å². The first-order valence-electron chi connectivity index (χ1n) is 8.59. The van der Waals surface area contributed by atoms with Crippen LogP contribution in [0.5, 0.6) is 0 Å². The van der Waals surface area contributed by atoms with E-state index in [1.165, 1.54) is 12.1 Å². The third kappa shape index (κ3) is 3.07. The zero-order valence-corrected chi connectivity index (χ0v) is 16.2. The maximum atomic E-state index is 14.4. The summed E-state index contributed by atoms with van der Waals surface area (Å²) in [7, 11) is 1.77. The summed E-state index contributed by atoms with van der Waals surface area (Å²) in [5.41, 5.74) is 3.43. The first-order valence-corrected chi connectivity index (χ1v) is 8.96. The number of hydrogen-bond acceptors (Lipinski definition) is 2. The molecule has 28 heavy (non-hydrogen) atoms. The molecule has 0 aliphatic heterocycles. The molecule has 5 nitrogen and oxygen atoms in total. The molecule has 0 radical (unpaired) electrons. The number of H-pyrrole nitrogens is 1. The van der Waals surface area contributed by atoms with Crippen LogP contribution in [0, 0.1) is 25.5 Å². The van der Waals surface area contributed by atoms with Gasteiger partial charge < -0.3 is 4.98 Å². The lowest BCUT2D eigenvalue weighted by atomic mass is 10.2. The molecule has 0 amide bonds. The normalized spacial score (nSPS) is 11.8. The van der Waals surface area contributed by atoms with Gasteiger partial charge in [-0.15, -0.1) is 4.68 Å². The van der Waals surface area contributed by atoms with Crippen molar-refractivity contribution >= 4 is 34.0 Å². The molecule has 0 atom stereocenters. The van der Waals surface area contributed by atoms with Crippen LogP contribution in [0.25, 0.3) is 16.6 Å². The number of aromatic amines is 1. The minimum Gasteiger partial charge on any atom is -0.357 e.